The largest absolute Gasteiger partial charge is 0.0988 e. The monoisotopic (exact) mass is 180 g/mol. The van der Waals surface area contributed by atoms with Gasteiger partial charge in [0.1, 0.15) is 0 Å². The highest BCUT2D eigenvalue weighted by Crippen LogP contribution is 2.38. The summed E-state index contributed by atoms with van der Waals surface area (Å²) >= 11 is 1.74. The number of hydrogen-bond acceptors (Lipinski definition) is 1. The molecule has 0 aromatic heterocycles. The molecule has 0 saturated heterocycles. The Morgan fingerprint density at radius 3 is 2.67 bits per heavy atom. The molecule has 1 aliphatic carbocycles. The molecule has 0 aliphatic heterocycles. The molecule has 0 aromatic rings. The summed E-state index contributed by atoms with van der Waals surface area (Å²) < 4.78 is 0. The van der Waals surface area contributed by atoms with Crippen molar-refractivity contribution in [3.63, 3.8) is 0 Å². The van der Waals surface area contributed by atoms with Gasteiger partial charge in [0.25, 0.3) is 0 Å². The Labute approximate surface area is 79.4 Å². The van der Waals surface area contributed by atoms with Gasteiger partial charge in [-0.1, -0.05) is 36.9 Å². The maximum absolute atomic E-state index is 3.74. The lowest BCUT2D eigenvalue weighted by molar-refractivity contribution is 1.21. The summed E-state index contributed by atoms with van der Waals surface area (Å²) in [6.07, 6.45) is 6.02. The van der Waals surface area contributed by atoms with Crippen LogP contribution in [0.25, 0.3) is 0 Å². The van der Waals surface area contributed by atoms with E-state index in [9.17, 15) is 0 Å². The second-order valence-corrected chi connectivity index (χ2v) is 4.00. The zero-order chi connectivity index (χ0) is 8.97. The minimum atomic E-state index is 1.11. The van der Waals surface area contributed by atoms with Crippen LogP contribution in [-0.2, 0) is 0 Å². The van der Waals surface area contributed by atoms with E-state index in [4.69, 9.17) is 0 Å². The normalized spacial score (nSPS) is 16.2. The van der Waals surface area contributed by atoms with Crippen LogP contribution in [0, 0.1) is 0 Å². The summed E-state index contributed by atoms with van der Waals surface area (Å²) in [6, 6.07) is 0. The van der Waals surface area contributed by atoms with Gasteiger partial charge < -0.3 is 0 Å². The summed E-state index contributed by atoms with van der Waals surface area (Å²) in [5, 5.41) is 1.91. The maximum atomic E-state index is 3.74. The average Bonchev–Trinajstić information content (AvgIpc) is 2.85. The van der Waals surface area contributed by atoms with Gasteiger partial charge in [0.15, 0.2) is 0 Å². The highest BCUT2D eigenvalue weighted by molar-refractivity contribution is 8.06. The van der Waals surface area contributed by atoms with Crippen LogP contribution in [0.3, 0.4) is 0 Å². The average molecular weight is 180 g/mol. The Morgan fingerprint density at radius 1 is 1.58 bits per heavy atom. The lowest BCUT2D eigenvalue weighted by atomic mass is 10.2. The van der Waals surface area contributed by atoms with Crippen LogP contribution < -0.4 is 0 Å². The molecule has 0 nitrogen and oxygen atoms in total. The van der Waals surface area contributed by atoms with Crippen LogP contribution in [0.4, 0.5) is 0 Å². The summed E-state index contributed by atoms with van der Waals surface area (Å²) in [5.41, 5.74) is 3.12. The van der Waals surface area contributed by atoms with Gasteiger partial charge in [-0.2, -0.15) is 0 Å². The predicted molar refractivity (Wildman–Crippen MR) is 58.1 cm³/mol. The summed E-state index contributed by atoms with van der Waals surface area (Å²) in [7, 11) is 0. The molecule has 1 fully saturated rings. The van der Waals surface area contributed by atoms with E-state index in [1.165, 1.54) is 23.3 Å². The number of allylic oxidation sites excluding steroid dienone is 3. The lowest BCUT2D eigenvalue weighted by Gasteiger charge is -2.03. The summed E-state index contributed by atoms with van der Waals surface area (Å²) in [6.45, 7) is 8.14. The van der Waals surface area contributed by atoms with Gasteiger partial charge in [0, 0.05) is 4.91 Å². The molecular weight excluding hydrogens is 164 g/mol. The third-order valence-electron chi connectivity index (χ3n) is 2.00. The second kappa shape index (κ2) is 4.56. The third-order valence-corrected chi connectivity index (χ3v) is 2.89. The molecule has 0 aromatic carbocycles. The molecule has 0 unspecified atom stereocenters. The molecule has 1 heteroatoms. The molecule has 0 atom stereocenters. The third kappa shape index (κ3) is 2.56. The van der Waals surface area contributed by atoms with Crippen LogP contribution in [0.1, 0.15) is 33.1 Å². The standard InChI is InChI=1S/C11H16S/c1-4-6-11(12-5-2)9(3)10-7-8-10/h5-6H,2,4,7-8H2,1,3H3/b11-6-. The first-order valence-corrected chi connectivity index (χ1v) is 5.34. The van der Waals surface area contributed by atoms with Crippen LogP contribution >= 0.6 is 11.8 Å². The zero-order valence-corrected chi connectivity index (χ0v) is 8.71. The van der Waals surface area contributed by atoms with Gasteiger partial charge in [0.2, 0.25) is 0 Å². The van der Waals surface area contributed by atoms with Crippen LogP contribution in [0.5, 0.6) is 0 Å². The molecular formula is C11H16S. The number of rotatable bonds is 4. The smallest absolute Gasteiger partial charge is 0.0104 e. The van der Waals surface area contributed by atoms with Gasteiger partial charge >= 0.3 is 0 Å². The van der Waals surface area contributed by atoms with Crippen molar-refractivity contribution in [2.24, 2.45) is 0 Å². The maximum Gasteiger partial charge on any atom is 0.0104 e. The summed E-state index contributed by atoms with van der Waals surface area (Å²) in [5.74, 6) is 0. The molecule has 0 radical (unpaired) electrons. The fourth-order valence-corrected chi connectivity index (χ4v) is 1.94. The molecule has 1 aliphatic rings. The Kier molecular flexibility index (Phi) is 3.67. The molecule has 12 heavy (non-hydrogen) atoms. The molecule has 0 bridgehead atoms. The minimum Gasteiger partial charge on any atom is -0.0988 e. The Balaban J connectivity index is 2.71. The highest BCUT2D eigenvalue weighted by Gasteiger charge is 2.16. The van der Waals surface area contributed by atoms with E-state index in [2.05, 4.69) is 26.5 Å². The highest BCUT2D eigenvalue weighted by atomic mass is 32.2. The quantitative estimate of drug-likeness (QED) is 0.622. The Morgan fingerprint density at radius 2 is 2.25 bits per heavy atom. The van der Waals surface area contributed by atoms with Gasteiger partial charge in [-0.05, 0) is 37.2 Å². The fourth-order valence-electron chi connectivity index (χ4n) is 1.18. The van der Waals surface area contributed by atoms with Crippen LogP contribution in [0.2, 0.25) is 0 Å². The van der Waals surface area contributed by atoms with Gasteiger partial charge in [-0.15, -0.1) is 0 Å². The van der Waals surface area contributed by atoms with Crippen molar-refractivity contribution in [3.8, 4) is 0 Å². The van der Waals surface area contributed by atoms with E-state index < -0.39 is 0 Å². The Hall–Kier alpha value is -0.430. The van der Waals surface area contributed by atoms with Crippen LogP contribution in [0.15, 0.2) is 34.1 Å². The van der Waals surface area contributed by atoms with E-state index in [-0.39, 0.29) is 0 Å². The first-order valence-electron chi connectivity index (χ1n) is 4.46. The molecule has 1 rings (SSSR count). The molecule has 0 amide bonds. The van der Waals surface area contributed by atoms with Gasteiger partial charge in [-0.3, -0.25) is 0 Å². The number of hydrogen-bond donors (Lipinski definition) is 0. The van der Waals surface area contributed by atoms with Crippen molar-refractivity contribution in [3.05, 3.63) is 34.1 Å². The van der Waals surface area contributed by atoms with Crippen molar-refractivity contribution in [1.82, 2.24) is 0 Å². The SMILES string of the molecule is C=CS/C(=C\CC)C(C)=C1CC1. The molecule has 0 N–H and O–H groups in total. The number of thioether (sulfide) groups is 1. The van der Waals surface area contributed by atoms with Crippen molar-refractivity contribution in [2.45, 2.75) is 33.1 Å². The molecule has 66 valence electrons. The van der Waals surface area contributed by atoms with E-state index >= 15 is 0 Å². The van der Waals surface area contributed by atoms with Crippen LogP contribution in [-0.4, -0.2) is 0 Å². The van der Waals surface area contributed by atoms with E-state index in [0.29, 0.717) is 0 Å². The lowest BCUT2D eigenvalue weighted by Crippen LogP contribution is -1.78. The minimum absolute atomic E-state index is 1.11. The van der Waals surface area contributed by atoms with Crippen molar-refractivity contribution in [1.29, 1.82) is 0 Å². The van der Waals surface area contributed by atoms with Gasteiger partial charge in [0.05, 0.1) is 0 Å². The zero-order valence-electron chi connectivity index (χ0n) is 7.89. The van der Waals surface area contributed by atoms with Crippen molar-refractivity contribution in [2.75, 3.05) is 0 Å². The second-order valence-electron chi connectivity index (χ2n) is 2.99. The molecule has 0 heterocycles. The molecule has 1 saturated carbocycles. The molecule has 0 spiro atoms. The van der Waals surface area contributed by atoms with E-state index in [0.717, 1.165) is 6.42 Å². The summed E-state index contributed by atoms with van der Waals surface area (Å²) in [4.78, 5) is 1.40. The first-order chi connectivity index (χ1) is 5.79. The van der Waals surface area contributed by atoms with E-state index in [1.54, 1.807) is 17.3 Å². The first kappa shape index (κ1) is 9.66. The van der Waals surface area contributed by atoms with Crippen molar-refractivity contribution >= 4 is 11.8 Å². The van der Waals surface area contributed by atoms with Gasteiger partial charge in [-0.25, -0.2) is 0 Å². The van der Waals surface area contributed by atoms with Crippen molar-refractivity contribution < 1.29 is 0 Å². The van der Waals surface area contributed by atoms with E-state index in [1.807, 2.05) is 5.41 Å². The topological polar surface area (TPSA) is 0 Å². The fraction of sp³-hybridized carbons (Fsp3) is 0.455. The predicted octanol–water partition coefficient (Wildman–Crippen LogP) is 4.27. The Bertz CT molecular complexity index is 227.